The highest BCUT2D eigenvalue weighted by atomic mass is 16.7. The monoisotopic (exact) mass is 388 g/mol. The average Bonchev–Trinajstić information content (AvgIpc) is 3.34. The van der Waals surface area contributed by atoms with Crippen molar-refractivity contribution in [3.8, 4) is 17.2 Å². The van der Waals surface area contributed by atoms with E-state index in [0.29, 0.717) is 29.1 Å². The Labute approximate surface area is 170 Å². The van der Waals surface area contributed by atoms with E-state index in [1.165, 1.54) is 0 Å². The van der Waals surface area contributed by atoms with Gasteiger partial charge >= 0.3 is 6.16 Å². The second-order valence-electron chi connectivity index (χ2n) is 8.17. The van der Waals surface area contributed by atoms with Crippen molar-refractivity contribution in [1.29, 1.82) is 0 Å². The van der Waals surface area contributed by atoms with E-state index in [1.54, 1.807) is 6.07 Å². The van der Waals surface area contributed by atoms with Crippen LogP contribution in [-0.4, -0.2) is 11.3 Å². The van der Waals surface area contributed by atoms with Crippen molar-refractivity contribution in [2.75, 3.05) is 0 Å². The van der Waals surface area contributed by atoms with Crippen LogP contribution in [0.5, 0.6) is 17.2 Å². The van der Waals surface area contributed by atoms with Crippen LogP contribution in [0.3, 0.4) is 0 Å². The van der Waals surface area contributed by atoms with E-state index in [9.17, 15) is 9.90 Å². The van der Waals surface area contributed by atoms with Crippen LogP contribution in [0, 0.1) is 6.92 Å². The zero-order valence-corrected chi connectivity index (χ0v) is 16.7. The topological polar surface area (TPSA) is 55.8 Å². The molecule has 4 nitrogen and oxygen atoms in total. The highest BCUT2D eigenvalue weighted by Gasteiger charge is 2.42. The minimum Gasteiger partial charge on any atom is -0.507 e. The number of phenolic OH excluding ortho intramolecular Hbond substituents is 1. The second kappa shape index (κ2) is 6.80. The van der Waals surface area contributed by atoms with Gasteiger partial charge in [0.1, 0.15) is 17.2 Å². The molecule has 2 aliphatic rings. The number of hydrogen-bond donors (Lipinski definition) is 1. The number of fused-ring (bicyclic) bond motifs is 6. The van der Waals surface area contributed by atoms with E-state index in [4.69, 9.17) is 9.47 Å². The highest BCUT2D eigenvalue weighted by molar-refractivity contribution is 5.98. The number of carbonyl (C=O) groups excluding carboxylic acids is 1. The van der Waals surface area contributed by atoms with Gasteiger partial charge in [-0.3, -0.25) is 0 Å². The maximum absolute atomic E-state index is 12.7. The molecular formula is C25H24O4. The van der Waals surface area contributed by atoms with Gasteiger partial charge in [-0.25, -0.2) is 4.79 Å². The van der Waals surface area contributed by atoms with Gasteiger partial charge in [-0.2, -0.15) is 0 Å². The van der Waals surface area contributed by atoms with E-state index in [2.05, 4.69) is 6.92 Å². The Kier molecular flexibility index (Phi) is 4.23. The summed E-state index contributed by atoms with van der Waals surface area (Å²) >= 11 is 0. The predicted molar refractivity (Wildman–Crippen MR) is 112 cm³/mol. The number of aryl methyl sites for hydroxylation is 2. The fourth-order valence-corrected chi connectivity index (χ4v) is 5.05. The molecule has 0 heterocycles. The van der Waals surface area contributed by atoms with Gasteiger partial charge in [0.2, 0.25) is 0 Å². The van der Waals surface area contributed by atoms with Crippen LogP contribution in [0.15, 0.2) is 42.5 Å². The fourth-order valence-electron chi connectivity index (χ4n) is 5.05. The molecule has 29 heavy (non-hydrogen) atoms. The number of benzene rings is 3. The third kappa shape index (κ3) is 2.86. The largest absolute Gasteiger partial charge is 0.519 e. The fraction of sp³-hybridized carbons (Fsp3) is 0.320. The first kappa shape index (κ1) is 18.0. The Morgan fingerprint density at radius 3 is 2.55 bits per heavy atom. The summed E-state index contributed by atoms with van der Waals surface area (Å²) in [5.74, 6) is 2.09. The first-order valence-corrected chi connectivity index (χ1v) is 10.3. The molecule has 0 aromatic heterocycles. The van der Waals surface area contributed by atoms with Crippen LogP contribution in [0.1, 0.15) is 60.3 Å². The van der Waals surface area contributed by atoms with Gasteiger partial charge in [-0.05, 0) is 67.7 Å². The molecule has 0 aliphatic heterocycles. The van der Waals surface area contributed by atoms with Gasteiger partial charge in [0.15, 0.2) is 0 Å². The molecule has 5 rings (SSSR count). The number of ether oxygens (including phenoxy) is 2. The van der Waals surface area contributed by atoms with Crippen molar-refractivity contribution in [3.63, 3.8) is 0 Å². The third-order valence-corrected chi connectivity index (χ3v) is 6.50. The van der Waals surface area contributed by atoms with Crippen LogP contribution in [0.4, 0.5) is 4.79 Å². The Morgan fingerprint density at radius 1 is 1.03 bits per heavy atom. The number of aromatic hydroxyl groups is 1. The van der Waals surface area contributed by atoms with Crippen molar-refractivity contribution in [3.05, 3.63) is 64.7 Å². The van der Waals surface area contributed by atoms with Crippen LogP contribution in [0.2, 0.25) is 0 Å². The number of hydrogen-bond acceptors (Lipinski definition) is 4. The summed E-state index contributed by atoms with van der Waals surface area (Å²) < 4.78 is 11.4. The Morgan fingerprint density at radius 2 is 1.79 bits per heavy atom. The Hall–Kier alpha value is -3.01. The first-order chi connectivity index (χ1) is 14.1. The molecule has 3 aromatic rings. The molecule has 0 spiro atoms. The first-order valence-electron chi connectivity index (χ1n) is 10.3. The van der Waals surface area contributed by atoms with Gasteiger partial charge in [0, 0.05) is 21.9 Å². The normalized spacial score (nSPS) is 19.4. The van der Waals surface area contributed by atoms with Gasteiger partial charge < -0.3 is 14.6 Å². The highest BCUT2D eigenvalue weighted by Crippen LogP contribution is 2.60. The molecule has 0 saturated heterocycles. The molecule has 148 valence electrons. The molecule has 3 aromatic carbocycles. The zero-order chi connectivity index (χ0) is 20.1. The summed E-state index contributed by atoms with van der Waals surface area (Å²) in [6.45, 7) is 3.98. The molecule has 2 bridgehead atoms. The summed E-state index contributed by atoms with van der Waals surface area (Å²) in [6.07, 6.45) is 3.30. The van der Waals surface area contributed by atoms with Gasteiger partial charge in [0.25, 0.3) is 0 Å². The SMILES string of the molecule is CCc1ccc2c(O)c3c(c(OC(=O)Oc4ccccc4C)c2c1)C1CCC3C1. The number of para-hydroxylation sites is 1. The van der Waals surface area contributed by atoms with E-state index in [1.807, 2.05) is 43.3 Å². The van der Waals surface area contributed by atoms with Gasteiger partial charge in [-0.1, -0.05) is 37.3 Å². The minimum atomic E-state index is -0.738. The van der Waals surface area contributed by atoms with Crippen LogP contribution >= 0.6 is 0 Å². The van der Waals surface area contributed by atoms with Crippen molar-refractivity contribution >= 4 is 16.9 Å². The van der Waals surface area contributed by atoms with Gasteiger partial charge in [0.05, 0.1) is 0 Å². The van der Waals surface area contributed by atoms with Crippen LogP contribution in [0.25, 0.3) is 10.8 Å². The lowest BCUT2D eigenvalue weighted by molar-refractivity contribution is 0.151. The summed E-state index contributed by atoms with van der Waals surface area (Å²) in [7, 11) is 0. The van der Waals surface area contributed by atoms with Crippen molar-refractivity contribution in [2.24, 2.45) is 0 Å². The molecular weight excluding hydrogens is 364 g/mol. The summed E-state index contributed by atoms with van der Waals surface area (Å²) in [6, 6.07) is 13.4. The number of phenols is 1. The summed E-state index contributed by atoms with van der Waals surface area (Å²) in [5.41, 5.74) is 3.98. The lowest BCUT2D eigenvalue weighted by atomic mass is 9.87. The van der Waals surface area contributed by atoms with Crippen molar-refractivity contribution in [2.45, 2.75) is 51.4 Å². The molecule has 4 heteroatoms. The molecule has 1 N–H and O–H groups in total. The Balaban J connectivity index is 1.62. The average molecular weight is 388 g/mol. The molecule has 2 aliphatic carbocycles. The van der Waals surface area contributed by atoms with Crippen molar-refractivity contribution < 1.29 is 19.4 Å². The molecule has 1 saturated carbocycles. The quantitative estimate of drug-likeness (QED) is 0.419. The van der Waals surface area contributed by atoms with E-state index in [0.717, 1.165) is 58.7 Å². The summed E-state index contributed by atoms with van der Waals surface area (Å²) in [4.78, 5) is 12.7. The maximum atomic E-state index is 12.7. The Bertz CT molecular complexity index is 1130. The predicted octanol–water partition coefficient (Wildman–Crippen LogP) is 6.36. The molecule has 1 fully saturated rings. The molecule has 0 amide bonds. The third-order valence-electron chi connectivity index (χ3n) is 6.50. The van der Waals surface area contributed by atoms with Crippen LogP contribution in [-0.2, 0) is 6.42 Å². The second-order valence-corrected chi connectivity index (χ2v) is 8.17. The lowest BCUT2D eigenvalue weighted by Gasteiger charge is -2.22. The molecule has 2 unspecified atom stereocenters. The van der Waals surface area contributed by atoms with Crippen molar-refractivity contribution in [1.82, 2.24) is 0 Å². The smallest absolute Gasteiger partial charge is 0.507 e. The van der Waals surface area contributed by atoms with E-state index < -0.39 is 6.16 Å². The zero-order valence-electron chi connectivity index (χ0n) is 16.7. The lowest BCUT2D eigenvalue weighted by Crippen LogP contribution is -2.16. The maximum Gasteiger partial charge on any atom is 0.519 e. The van der Waals surface area contributed by atoms with E-state index >= 15 is 0 Å². The summed E-state index contributed by atoms with van der Waals surface area (Å²) in [5, 5.41) is 12.5. The number of carbonyl (C=O) groups is 1. The standard InChI is InChI=1S/C25H24O4/c1-3-15-8-11-18-19(12-15)24(22-17-10-9-16(13-17)21(22)23(18)26)29-25(27)28-20-7-5-4-6-14(20)2/h4-8,11-12,16-17,26H,3,9-10,13H2,1-2H3. The van der Waals surface area contributed by atoms with Gasteiger partial charge in [-0.15, -0.1) is 0 Å². The van der Waals surface area contributed by atoms with Crippen LogP contribution < -0.4 is 9.47 Å². The molecule has 0 radical (unpaired) electrons. The van der Waals surface area contributed by atoms with E-state index in [-0.39, 0.29) is 0 Å². The molecule has 2 atom stereocenters. The number of rotatable bonds is 3. The minimum absolute atomic E-state index is 0.330.